The highest BCUT2D eigenvalue weighted by molar-refractivity contribution is 7.10. The number of benzene rings is 1. The molecule has 0 radical (unpaired) electrons. The molecular weight excluding hydrogens is 316 g/mol. The average molecular weight is 340 g/mol. The smallest absolute Gasteiger partial charge is 0.238 e. The molecule has 3 nitrogen and oxygen atoms in total. The Labute approximate surface area is 147 Å². The fourth-order valence-corrected chi connectivity index (χ4v) is 4.83. The number of fused-ring (bicyclic) bond motifs is 1. The first kappa shape index (κ1) is 15.9. The highest BCUT2D eigenvalue weighted by atomic mass is 32.1. The van der Waals surface area contributed by atoms with Crippen molar-refractivity contribution in [3.05, 3.63) is 51.2 Å². The number of carbonyl (C=O) groups is 1. The molecule has 1 aliphatic heterocycles. The quantitative estimate of drug-likeness (QED) is 0.899. The summed E-state index contributed by atoms with van der Waals surface area (Å²) in [5.41, 5.74) is 4.70. The normalized spacial score (nSPS) is 20.7. The van der Waals surface area contributed by atoms with E-state index in [0.717, 1.165) is 35.7 Å². The van der Waals surface area contributed by atoms with Crippen molar-refractivity contribution < 1.29 is 4.79 Å². The molecule has 2 aromatic rings. The van der Waals surface area contributed by atoms with Crippen molar-refractivity contribution in [1.82, 2.24) is 4.90 Å². The zero-order valence-electron chi connectivity index (χ0n) is 14.3. The number of para-hydroxylation sites is 1. The van der Waals surface area contributed by atoms with E-state index < -0.39 is 0 Å². The van der Waals surface area contributed by atoms with Crippen molar-refractivity contribution in [2.45, 2.75) is 39.2 Å². The summed E-state index contributed by atoms with van der Waals surface area (Å²) >= 11 is 1.87. The predicted octanol–water partition coefficient (Wildman–Crippen LogP) is 4.31. The molecule has 4 heteroatoms. The van der Waals surface area contributed by atoms with E-state index in [2.05, 4.69) is 21.7 Å². The number of rotatable bonds is 4. The Morgan fingerprint density at radius 3 is 2.71 bits per heavy atom. The molecule has 1 N–H and O–H groups in total. The fraction of sp³-hybridized carbons (Fsp3) is 0.450. The van der Waals surface area contributed by atoms with Crippen molar-refractivity contribution in [3.8, 4) is 0 Å². The zero-order chi connectivity index (χ0) is 16.7. The number of hydrogen-bond acceptors (Lipinski definition) is 3. The molecule has 1 fully saturated rings. The summed E-state index contributed by atoms with van der Waals surface area (Å²) < 4.78 is 0. The van der Waals surface area contributed by atoms with E-state index in [1.165, 1.54) is 23.3 Å². The van der Waals surface area contributed by atoms with Gasteiger partial charge in [-0.3, -0.25) is 9.69 Å². The number of anilines is 1. The molecule has 126 valence electrons. The Hall–Kier alpha value is -1.65. The second-order valence-electron chi connectivity index (χ2n) is 7.12. The van der Waals surface area contributed by atoms with Crippen molar-refractivity contribution in [1.29, 1.82) is 0 Å². The number of nitrogens with zero attached hydrogens (tertiary/aromatic N) is 1. The maximum atomic E-state index is 12.7. The highest BCUT2D eigenvalue weighted by Gasteiger charge is 2.40. The molecule has 1 saturated carbocycles. The van der Waals surface area contributed by atoms with Crippen LogP contribution < -0.4 is 5.32 Å². The van der Waals surface area contributed by atoms with Gasteiger partial charge >= 0.3 is 0 Å². The zero-order valence-corrected chi connectivity index (χ0v) is 15.2. The summed E-state index contributed by atoms with van der Waals surface area (Å²) in [6, 6.07) is 8.86. The Kier molecular flexibility index (Phi) is 4.19. The fourth-order valence-electron chi connectivity index (χ4n) is 3.91. The Morgan fingerprint density at radius 2 is 2.00 bits per heavy atom. The van der Waals surface area contributed by atoms with Gasteiger partial charge < -0.3 is 5.32 Å². The summed E-state index contributed by atoms with van der Waals surface area (Å²) in [5.74, 6) is 0.850. The molecule has 1 aromatic heterocycles. The van der Waals surface area contributed by atoms with Gasteiger partial charge in [-0.05, 0) is 67.2 Å². The van der Waals surface area contributed by atoms with Gasteiger partial charge in [-0.2, -0.15) is 0 Å². The number of aryl methyl sites for hydroxylation is 2. The minimum atomic E-state index is 0.108. The number of thiophene rings is 1. The number of amides is 1. The van der Waals surface area contributed by atoms with Crippen LogP contribution in [0.5, 0.6) is 0 Å². The van der Waals surface area contributed by atoms with E-state index in [4.69, 9.17) is 0 Å². The molecule has 2 heterocycles. The number of nitrogens with one attached hydrogen (secondary N) is 1. The van der Waals surface area contributed by atoms with Crippen LogP contribution in [0, 0.1) is 19.8 Å². The standard InChI is InChI=1S/C20H24N2OS/c1-13-4-3-5-14(2)19(13)21-18(23)12-22-10-8-17-16(9-11-24-17)20(22)15-6-7-15/h3-5,9,11,15,20H,6-8,10,12H2,1-2H3,(H,21,23)/t20-/m1/s1. The summed E-state index contributed by atoms with van der Waals surface area (Å²) in [7, 11) is 0. The topological polar surface area (TPSA) is 32.3 Å². The maximum absolute atomic E-state index is 12.7. The summed E-state index contributed by atoms with van der Waals surface area (Å²) in [4.78, 5) is 16.6. The first-order valence-electron chi connectivity index (χ1n) is 8.80. The average Bonchev–Trinajstić information content (AvgIpc) is 3.27. The summed E-state index contributed by atoms with van der Waals surface area (Å²) in [5, 5.41) is 5.35. The lowest BCUT2D eigenvalue weighted by Gasteiger charge is -2.35. The second-order valence-corrected chi connectivity index (χ2v) is 8.12. The van der Waals surface area contributed by atoms with E-state index in [1.807, 2.05) is 43.4 Å². The summed E-state index contributed by atoms with van der Waals surface area (Å²) in [6.45, 7) is 5.58. The maximum Gasteiger partial charge on any atom is 0.238 e. The lowest BCUT2D eigenvalue weighted by molar-refractivity contribution is -0.118. The van der Waals surface area contributed by atoms with Gasteiger partial charge in [0.05, 0.1) is 6.54 Å². The van der Waals surface area contributed by atoms with Gasteiger partial charge in [0.25, 0.3) is 0 Å². The van der Waals surface area contributed by atoms with Crippen LogP contribution in [0.4, 0.5) is 5.69 Å². The van der Waals surface area contributed by atoms with E-state index in [-0.39, 0.29) is 5.91 Å². The number of carbonyl (C=O) groups excluding carboxylic acids is 1. The molecule has 4 rings (SSSR count). The lowest BCUT2D eigenvalue weighted by atomic mass is 9.96. The predicted molar refractivity (Wildman–Crippen MR) is 99.6 cm³/mol. The van der Waals surface area contributed by atoms with E-state index in [0.29, 0.717) is 12.6 Å². The van der Waals surface area contributed by atoms with Gasteiger partial charge in [0, 0.05) is 23.2 Å². The molecule has 1 amide bonds. The largest absolute Gasteiger partial charge is 0.324 e. The van der Waals surface area contributed by atoms with E-state index >= 15 is 0 Å². The van der Waals surface area contributed by atoms with Crippen LogP contribution in [-0.4, -0.2) is 23.9 Å². The Balaban J connectivity index is 1.49. The molecule has 0 spiro atoms. The molecule has 1 atom stereocenters. The third-order valence-corrected chi connectivity index (χ3v) is 6.28. The lowest BCUT2D eigenvalue weighted by Crippen LogP contribution is -2.41. The van der Waals surface area contributed by atoms with Gasteiger partial charge in [0.2, 0.25) is 5.91 Å². The van der Waals surface area contributed by atoms with Crippen LogP contribution in [0.2, 0.25) is 0 Å². The van der Waals surface area contributed by atoms with Crippen molar-refractivity contribution in [3.63, 3.8) is 0 Å². The monoisotopic (exact) mass is 340 g/mol. The van der Waals surface area contributed by atoms with Gasteiger partial charge in [-0.15, -0.1) is 11.3 Å². The minimum absolute atomic E-state index is 0.108. The number of hydrogen-bond donors (Lipinski definition) is 1. The Morgan fingerprint density at radius 1 is 1.25 bits per heavy atom. The molecule has 2 aliphatic rings. The Bertz CT molecular complexity index is 742. The molecule has 0 bridgehead atoms. The van der Waals surface area contributed by atoms with Crippen LogP contribution >= 0.6 is 11.3 Å². The SMILES string of the molecule is Cc1cccc(C)c1NC(=O)CN1CCc2sccc2[C@H]1C1CC1. The molecular formula is C20H24N2OS. The van der Waals surface area contributed by atoms with Crippen LogP contribution in [0.1, 0.15) is 40.5 Å². The van der Waals surface area contributed by atoms with Gasteiger partial charge in [-0.25, -0.2) is 0 Å². The molecule has 1 aliphatic carbocycles. The van der Waals surface area contributed by atoms with Crippen LogP contribution in [0.3, 0.4) is 0 Å². The first-order chi connectivity index (χ1) is 11.6. The van der Waals surface area contributed by atoms with Crippen molar-refractivity contribution in [2.75, 3.05) is 18.4 Å². The van der Waals surface area contributed by atoms with E-state index in [9.17, 15) is 4.79 Å². The van der Waals surface area contributed by atoms with Crippen LogP contribution in [0.15, 0.2) is 29.6 Å². The molecule has 0 saturated heterocycles. The van der Waals surface area contributed by atoms with Crippen LogP contribution in [0.25, 0.3) is 0 Å². The third-order valence-electron chi connectivity index (χ3n) is 5.28. The molecule has 0 unspecified atom stereocenters. The molecule has 24 heavy (non-hydrogen) atoms. The van der Waals surface area contributed by atoms with Gasteiger partial charge in [0.15, 0.2) is 0 Å². The van der Waals surface area contributed by atoms with Gasteiger partial charge in [-0.1, -0.05) is 18.2 Å². The molecule has 1 aromatic carbocycles. The van der Waals surface area contributed by atoms with Crippen molar-refractivity contribution in [2.24, 2.45) is 5.92 Å². The second kappa shape index (κ2) is 6.34. The first-order valence-corrected chi connectivity index (χ1v) is 9.68. The van der Waals surface area contributed by atoms with Crippen molar-refractivity contribution >= 4 is 22.9 Å². The third kappa shape index (κ3) is 3.01. The van der Waals surface area contributed by atoms with Crippen LogP contribution in [-0.2, 0) is 11.2 Å². The van der Waals surface area contributed by atoms with Gasteiger partial charge in [0.1, 0.15) is 0 Å². The van der Waals surface area contributed by atoms with E-state index in [1.54, 1.807) is 0 Å². The minimum Gasteiger partial charge on any atom is -0.324 e. The summed E-state index contributed by atoms with van der Waals surface area (Å²) in [6.07, 6.45) is 3.68. The highest BCUT2D eigenvalue weighted by Crippen LogP contribution is 2.48.